The van der Waals surface area contributed by atoms with Crippen molar-refractivity contribution in [2.45, 2.75) is 32.7 Å². The second-order valence-corrected chi connectivity index (χ2v) is 5.42. The van der Waals surface area contributed by atoms with E-state index in [0.717, 1.165) is 23.5 Å². The standard InChI is InChI=1S/C14H17F2N3S/c1-3-7-17-13(14-9(2)18-19-20-14)8-10-11(15)5-4-6-12(10)16/h4-6,13,17H,3,7-8H2,1-2H3. The van der Waals surface area contributed by atoms with Crippen molar-refractivity contribution in [2.24, 2.45) is 0 Å². The van der Waals surface area contributed by atoms with Crippen molar-refractivity contribution in [3.05, 3.63) is 46.0 Å². The number of aromatic nitrogens is 2. The molecule has 1 aromatic carbocycles. The van der Waals surface area contributed by atoms with Gasteiger partial charge in [0.2, 0.25) is 0 Å². The van der Waals surface area contributed by atoms with Crippen molar-refractivity contribution in [3.63, 3.8) is 0 Å². The Morgan fingerprint density at radius 2 is 2.00 bits per heavy atom. The lowest BCUT2D eigenvalue weighted by Gasteiger charge is -2.18. The van der Waals surface area contributed by atoms with Crippen LogP contribution in [-0.4, -0.2) is 16.1 Å². The van der Waals surface area contributed by atoms with Gasteiger partial charge < -0.3 is 5.32 Å². The molecule has 0 saturated heterocycles. The summed E-state index contributed by atoms with van der Waals surface area (Å²) in [5.41, 5.74) is 0.911. The molecule has 2 rings (SSSR count). The van der Waals surface area contributed by atoms with Crippen LogP contribution < -0.4 is 5.32 Å². The third-order valence-corrected chi connectivity index (χ3v) is 4.05. The lowest BCUT2D eigenvalue weighted by Crippen LogP contribution is -2.24. The van der Waals surface area contributed by atoms with Crippen LogP contribution in [0.3, 0.4) is 0 Å². The Morgan fingerprint density at radius 1 is 1.30 bits per heavy atom. The number of hydrogen-bond donors (Lipinski definition) is 1. The molecule has 1 N–H and O–H groups in total. The Hall–Kier alpha value is -1.40. The Balaban J connectivity index is 2.26. The first-order chi connectivity index (χ1) is 9.63. The van der Waals surface area contributed by atoms with Crippen LogP contribution in [0.4, 0.5) is 8.78 Å². The molecule has 0 fully saturated rings. The van der Waals surface area contributed by atoms with Crippen LogP contribution in [0.2, 0.25) is 0 Å². The van der Waals surface area contributed by atoms with Gasteiger partial charge in [0, 0.05) is 11.6 Å². The lowest BCUT2D eigenvalue weighted by molar-refractivity contribution is 0.493. The van der Waals surface area contributed by atoms with Gasteiger partial charge in [0.1, 0.15) is 11.6 Å². The molecular formula is C14H17F2N3S. The molecule has 2 aromatic rings. The van der Waals surface area contributed by atoms with Gasteiger partial charge in [-0.2, -0.15) is 0 Å². The van der Waals surface area contributed by atoms with Crippen molar-refractivity contribution >= 4 is 11.5 Å². The number of halogens is 2. The average Bonchev–Trinajstić information content (AvgIpc) is 2.84. The van der Waals surface area contributed by atoms with Crippen molar-refractivity contribution in [3.8, 4) is 0 Å². The number of benzene rings is 1. The first-order valence-electron chi connectivity index (χ1n) is 6.58. The van der Waals surface area contributed by atoms with Crippen molar-refractivity contribution in [2.75, 3.05) is 6.54 Å². The Kier molecular flexibility index (Phi) is 5.14. The minimum atomic E-state index is -0.511. The maximum atomic E-state index is 13.8. The Bertz CT molecular complexity index is 551. The van der Waals surface area contributed by atoms with E-state index in [9.17, 15) is 8.78 Å². The van der Waals surface area contributed by atoms with Crippen LogP contribution in [0, 0.1) is 18.6 Å². The van der Waals surface area contributed by atoms with Gasteiger partial charge in [-0.3, -0.25) is 0 Å². The summed E-state index contributed by atoms with van der Waals surface area (Å²) in [6.45, 7) is 4.68. The van der Waals surface area contributed by atoms with E-state index < -0.39 is 11.6 Å². The Labute approximate surface area is 121 Å². The molecule has 0 spiro atoms. The van der Waals surface area contributed by atoms with Crippen LogP contribution in [0.15, 0.2) is 18.2 Å². The SMILES string of the molecule is CCCNC(Cc1c(F)cccc1F)c1snnc1C. The third-order valence-electron chi connectivity index (χ3n) is 3.11. The maximum absolute atomic E-state index is 13.8. The summed E-state index contributed by atoms with van der Waals surface area (Å²) in [7, 11) is 0. The smallest absolute Gasteiger partial charge is 0.129 e. The molecule has 0 saturated carbocycles. The number of rotatable bonds is 6. The zero-order valence-corrected chi connectivity index (χ0v) is 12.3. The monoisotopic (exact) mass is 297 g/mol. The molecule has 1 unspecified atom stereocenters. The fourth-order valence-electron chi connectivity index (χ4n) is 2.06. The van der Waals surface area contributed by atoms with E-state index in [2.05, 4.69) is 14.9 Å². The lowest BCUT2D eigenvalue weighted by atomic mass is 10.0. The largest absolute Gasteiger partial charge is 0.309 e. The van der Waals surface area contributed by atoms with Crippen LogP contribution in [0.5, 0.6) is 0 Å². The van der Waals surface area contributed by atoms with Crippen LogP contribution in [-0.2, 0) is 6.42 Å². The molecule has 1 heterocycles. The van der Waals surface area contributed by atoms with E-state index in [1.165, 1.54) is 29.7 Å². The number of hydrogen-bond acceptors (Lipinski definition) is 4. The van der Waals surface area contributed by atoms with Gasteiger partial charge in [-0.15, -0.1) is 5.10 Å². The number of aryl methyl sites for hydroxylation is 1. The third kappa shape index (κ3) is 3.37. The van der Waals surface area contributed by atoms with Gasteiger partial charge in [0.15, 0.2) is 0 Å². The molecule has 1 aromatic heterocycles. The zero-order chi connectivity index (χ0) is 14.5. The summed E-state index contributed by atoms with van der Waals surface area (Å²) in [5, 5.41) is 7.29. The van der Waals surface area contributed by atoms with Gasteiger partial charge in [0.25, 0.3) is 0 Å². The molecular weight excluding hydrogens is 280 g/mol. The number of nitrogens with one attached hydrogen (secondary N) is 1. The van der Waals surface area contributed by atoms with Gasteiger partial charge >= 0.3 is 0 Å². The summed E-state index contributed by atoms with van der Waals surface area (Å²) >= 11 is 1.27. The van der Waals surface area contributed by atoms with Gasteiger partial charge in [-0.1, -0.05) is 17.5 Å². The average molecular weight is 297 g/mol. The minimum Gasteiger partial charge on any atom is -0.309 e. The molecule has 0 aliphatic heterocycles. The van der Waals surface area contributed by atoms with Crippen molar-refractivity contribution in [1.29, 1.82) is 0 Å². The highest BCUT2D eigenvalue weighted by atomic mass is 32.1. The second kappa shape index (κ2) is 6.85. The summed E-state index contributed by atoms with van der Waals surface area (Å²) in [4.78, 5) is 0.932. The highest BCUT2D eigenvalue weighted by Crippen LogP contribution is 2.26. The summed E-state index contributed by atoms with van der Waals surface area (Å²) in [6, 6.07) is 3.78. The highest BCUT2D eigenvalue weighted by Gasteiger charge is 2.20. The first kappa shape index (κ1) is 15.0. The summed E-state index contributed by atoms with van der Waals surface area (Å²) in [6.07, 6.45) is 1.20. The van der Waals surface area contributed by atoms with Gasteiger partial charge in [0.05, 0.1) is 10.6 Å². The van der Waals surface area contributed by atoms with E-state index in [-0.39, 0.29) is 18.0 Å². The first-order valence-corrected chi connectivity index (χ1v) is 7.36. The molecule has 0 aliphatic rings. The van der Waals surface area contributed by atoms with Gasteiger partial charge in [-0.05, 0) is 50.0 Å². The molecule has 6 heteroatoms. The normalized spacial score (nSPS) is 12.6. The van der Waals surface area contributed by atoms with E-state index in [1.54, 1.807) is 0 Å². The molecule has 0 bridgehead atoms. The predicted molar refractivity (Wildman–Crippen MR) is 75.7 cm³/mol. The quantitative estimate of drug-likeness (QED) is 0.888. The summed E-state index contributed by atoms with van der Waals surface area (Å²) in [5.74, 6) is -1.02. The van der Waals surface area contributed by atoms with E-state index in [1.807, 2.05) is 13.8 Å². The Morgan fingerprint density at radius 3 is 2.55 bits per heavy atom. The topological polar surface area (TPSA) is 37.8 Å². The maximum Gasteiger partial charge on any atom is 0.129 e. The van der Waals surface area contributed by atoms with Crippen molar-refractivity contribution in [1.82, 2.24) is 14.9 Å². The van der Waals surface area contributed by atoms with Gasteiger partial charge in [-0.25, -0.2) is 8.78 Å². The number of nitrogens with zero attached hydrogens (tertiary/aromatic N) is 2. The fourth-order valence-corrected chi connectivity index (χ4v) is 2.78. The fraction of sp³-hybridized carbons (Fsp3) is 0.429. The molecule has 108 valence electrons. The predicted octanol–water partition coefficient (Wildman–Crippen LogP) is 3.41. The molecule has 0 amide bonds. The second-order valence-electron chi connectivity index (χ2n) is 4.63. The molecule has 3 nitrogen and oxygen atoms in total. The van der Waals surface area contributed by atoms with Crippen LogP contribution >= 0.6 is 11.5 Å². The van der Waals surface area contributed by atoms with Crippen molar-refractivity contribution < 1.29 is 8.78 Å². The minimum absolute atomic E-state index is 0.105. The zero-order valence-electron chi connectivity index (χ0n) is 11.5. The van der Waals surface area contributed by atoms with Crippen LogP contribution in [0.25, 0.3) is 0 Å². The molecule has 0 radical (unpaired) electrons. The van der Waals surface area contributed by atoms with E-state index >= 15 is 0 Å². The van der Waals surface area contributed by atoms with E-state index in [4.69, 9.17) is 0 Å². The molecule has 20 heavy (non-hydrogen) atoms. The summed E-state index contributed by atoms with van der Waals surface area (Å²) < 4.78 is 31.5. The van der Waals surface area contributed by atoms with E-state index in [0.29, 0.717) is 0 Å². The molecule has 0 aliphatic carbocycles. The highest BCUT2D eigenvalue weighted by molar-refractivity contribution is 7.05. The van der Waals surface area contributed by atoms with Crippen LogP contribution in [0.1, 0.15) is 35.5 Å². The molecule has 1 atom stereocenters.